The van der Waals surface area contributed by atoms with Crippen molar-refractivity contribution in [3.05, 3.63) is 28.3 Å². The van der Waals surface area contributed by atoms with Crippen LogP contribution < -0.4 is 4.74 Å². The van der Waals surface area contributed by atoms with Crippen LogP contribution in [0.25, 0.3) is 0 Å². The Hall–Kier alpha value is -1.22. The van der Waals surface area contributed by atoms with Crippen LogP contribution in [0.1, 0.15) is 45.2 Å². The van der Waals surface area contributed by atoms with E-state index in [0.29, 0.717) is 5.02 Å². The van der Waals surface area contributed by atoms with Gasteiger partial charge in [0.1, 0.15) is 11.4 Å². The van der Waals surface area contributed by atoms with E-state index in [4.69, 9.17) is 21.4 Å². The summed E-state index contributed by atoms with van der Waals surface area (Å²) in [6, 6.07) is 3.73. The summed E-state index contributed by atoms with van der Waals surface area (Å²) in [6.07, 6.45) is 0.836. The second-order valence-corrected chi connectivity index (χ2v) is 6.87. The van der Waals surface area contributed by atoms with Gasteiger partial charge in [-0.15, -0.1) is 0 Å². The largest absolute Gasteiger partial charge is 0.487 e. The highest BCUT2D eigenvalue weighted by Gasteiger charge is 2.37. The fourth-order valence-electron chi connectivity index (χ4n) is 2.65. The predicted molar refractivity (Wildman–Crippen MR) is 75.1 cm³/mol. The van der Waals surface area contributed by atoms with E-state index < -0.39 is 11.4 Å². The molecule has 1 aliphatic heterocycles. The Balaban J connectivity index is 2.51. The smallest absolute Gasteiger partial charge is 0.304 e. The number of carboxylic acid groups (broad SMARTS) is 1. The molecule has 1 aliphatic rings. The van der Waals surface area contributed by atoms with Gasteiger partial charge in [0, 0.05) is 22.4 Å². The first-order valence-corrected chi connectivity index (χ1v) is 6.72. The molecule has 0 aliphatic carbocycles. The summed E-state index contributed by atoms with van der Waals surface area (Å²) in [7, 11) is 0. The molecule has 0 amide bonds. The average molecular weight is 283 g/mol. The van der Waals surface area contributed by atoms with Crippen LogP contribution >= 0.6 is 11.6 Å². The molecule has 19 heavy (non-hydrogen) atoms. The molecule has 0 bridgehead atoms. The van der Waals surface area contributed by atoms with Crippen molar-refractivity contribution in [1.82, 2.24) is 0 Å². The van der Waals surface area contributed by atoms with Crippen molar-refractivity contribution in [2.75, 3.05) is 0 Å². The van der Waals surface area contributed by atoms with Crippen LogP contribution in [0.15, 0.2) is 12.1 Å². The van der Waals surface area contributed by atoms with Crippen LogP contribution in [-0.2, 0) is 16.6 Å². The van der Waals surface area contributed by atoms with Crippen LogP contribution in [0.3, 0.4) is 0 Å². The van der Waals surface area contributed by atoms with Gasteiger partial charge in [-0.2, -0.15) is 0 Å². The van der Waals surface area contributed by atoms with E-state index in [1.165, 1.54) is 0 Å². The molecule has 1 heterocycles. The highest BCUT2D eigenvalue weighted by atomic mass is 35.5. The zero-order valence-corrected chi connectivity index (χ0v) is 12.5. The third-order valence-electron chi connectivity index (χ3n) is 3.45. The topological polar surface area (TPSA) is 46.5 Å². The standard InChI is InChI=1S/C15H19ClO3/c1-14(2,8-12(17)18)11-6-10(16)5-9-7-15(3,4)19-13(9)11/h5-6H,7-8H2,1-4H3,(H,17,18). The van der Waals surface area contributed by atoms with Crippen molar-refractivity contribution in [3.63, 3.8) is 0 Å². The number of aliphatic carboxylic acids is 1. The average Bonchev–Trinajstić information content (AvgIpc) is 2.48. The van der Waals surface area contributed by atoms with Crippen LogP contribution in [0.4, 0.5) is 0 Å². The molecule has 1 aromatic carbocycles. The number of benzene rings is 1. The third-order valence-corrected chi connectivity index (χ3v) is 3.67. The van der Waals surface area contributed by atoms with E-state index >= 15 is 0 Å². The number of carbonyl (C=O) groups is 1. The molecule has 0 unspecified atom stereocenters. The third kappa shape index (κ3) is 2.86. The maximum Gasteiger partial charge on any atom is 0.304 e. The number of hydrogen-bond acceptors (Lipinski definition) is 2. The van der Waals surface area contributed by atoms with Gasteiger partial charge < -0.3 is 9.84 Å². The molecular weight excluding hydrogens is 264 g/mol. The minimum atomic E-state index is -0.823. The van der Waals surface area contributed by atoms with Crippen LogP contribution in [0.5, 0.6) is 5.75 Å². The first-order valence-electron chi connectivity index (χ1n) is 6.34. The summed E-state index contributed by atoms with van der Waals surface area (Å²) in [6.45, 7) is 7.85. The molecule has 0 atom stereocenters. The van der Waals surface area contributed by atoms with E-state index in [-0.39, 0.29) is 12.0 Å². The predicted octanol–water partition coefficient (Wildman–Crippen LogP) is 3.81. The summed E-state index contributed by atoms with van der Waals surface area (Å²) in [5.41, 5.74) is 1.16. The molecule has 0 aromatic heterocycles. The Morgan fingerprint density at radius 2 is 2.11 bits per heavy atom. The molecule has 3 nitrogen and oxygen atoms in total. The van der Waals surface area contributed by atoms with Gasteiger partial charge in [0.05, 0.1) is 6.42 Å². The van der Waals surface area contributed by atoms with Gasteiger partial charge >= 0.3 is 5.97 Å². The minimum absolute atomic E-state index is 0.0452. The first kappa shape index (κ1) is 14.2. The lowest BCUT2D eigenvalue weighted by molar-refractivity contribution is -0.138. The molecule has 0 spiro atoms. The van der Waals surface area contributed by atoms with Crippen LogP contribution in [0, 0.1) is 0 Å². The van der Waals surface area contributed by atoms with E-state index in [0.717, 1.165) is 23.3 Å². The monoisotopic (exact) mass is 282 g/mol. The summed E-state index contributed by atoms with van der Waals surface area (Å²) in [5, 5.41) is 9.69. The molecule has 0 radical (unpaired) electrons. The van der Waals surface area contributed by atoms with Gasteiger partial charge in [-0.1, -0.05) is 25.4 Å². The van der Waals surface area contributed by atoms with Gasteiger partial charge in [-0.3, -0.25) is 4.79 Å². The molecule has 1 N–H and O–H groups in total. The maximum absolute atomic E-state index is 11.0. The molecule has 0 fully saturated rings. The highest BCUT2D eigenvalue weighted by molar-refractivity contribution is 6.30. The summed E-state index contributed by atoms with van der Waals surface area (Å²) in [4.78, 5) is 11.0. The zero-order valence-electron chi connectivity index (χ0n) is 11.7. The zero-order chi connectivity index (χ0) is 14.4. The summed E-state index contributed by atoms with van der Waals surface area (Å²) >= 11 is 6.16. The van der Waals surface area contributed by atoms with Gasteiger partial charge in [-0.05, 0) is 31.5 Å². The Morgan fingerprint density at radius 3 is 2.68 bits per heavy atom. The Labute approximate surface area is 118 Å². The second-order valence-electron chi connectivity index (χ2n) is 6.43. The number of ether oxygens (including phenoxy) is 1. The molecular formula is C15H19ClO3. The van der Waals surface area contributed by atoms with Crippen molar-refractivity contribution < 1.29 is 14.6 Å². The number of fused-ring (bicyclic) bond motifs is 1. The van der Waals surface area contributed by atoms with Crippen molar-refractivity contribution in [2.45, 2.75) is 51.6 Å². The normalized spacial score (nSPS) is 16.9. The lowest BCUT2D eigenvalue weighted by Gasteiger charge is -2.27. The van der Waals surface area contributed by atoms with Gasteiger partial charge in [0.2, 0.25) is 0 Å². The lowest BCUT2D eigenvalue weighted by Crippen LogP contribution is -2.26. The van der Waals surface area contributed by atoms with Crippen molar-refractivity contribution in [1.29, 1.82) is 0 Å². The van der Waals surface area contributed by atoms with E-state index in [1.807, 2.05) is 39.8 Å². The minimum Gasteiger partial charge on any atom is -0.487 e. The number of hydrogen-bond donors (Lipinski definition) is 1. The SMILES string of the molecule is CC1(C)Cc2cc(Cl)cc(C(C)(C)CC(=O)O)c2O1. The van der Waals surface area contributed by atoms with Gasteiger partial charge in [-0.25, -0.2) is 0 Å². The molecule has 104 valence electrons. The Kier molecular flexibility index (Phi) is 3.29. The van der Waals surface area contributed by atoms with E-state index in [1.54, 1.807) is 0 Å². The fraction of sp³-hybridized carbons (Fsp3) is 0.533. The molecule has 2 rings (SSSR count). The fourth-order valence-corrected chi connectivity index (χ4v) is 2.89. The van der Waals surface area contributed by atoms with Crippen molar-refractivity contribution >= 4 is 17.6 Å². The molecule has 1 aromatic rings. The lowest BCUT2D eigenvalue weighted by atomic mass is 9.80. The Morgan fingerprint density at radius 1 is 1.47 bits per heavy atom. The van der Waals surface area contributed by atoms with Crippen LogP contribution in [-0.4, -0.2) is 16.7 Å². The second kappa shape index (κ2) is 4.41. The highest BCUT2D eigenvalue weighted by Crippen LogP contribution is 2.45. The van der Waals surface area contributed by atoms with E-state index in [9.17, 15) is 4.79 Å². The van der Waals surface area contributed by atoms with Crippen molar-refractivity contribution in [2.24, 2.45) is 0 Å². The number of rotatable bonds is 3. The molecule has 0 saturated carbocycles. The van der Waals surface area contributed by atoms with Gasteiger partial charge in [0.25, 0.3) is 0 Å². The molecule has 4 heteroatoms. The summed E-state index contributed by atoms with van der Waals surface area (Å²) in [5.74, 6) is -0.0170. The Bertz CT molecular complexity index is 532. The maximum atomic E-state index is 11.0. The molecule has 0 saturated heterocycles. The number of halogens is 1. The van der Waals surface area contributed by atoms with E-state index in [2.05, 4.69) is 0 Å². The van der Waals surface area contributed by atoms with Crippen molar-refractivity contribution in [3.8, 4) is 5.75 Å². The van der Waals surface area contributed by atoms with Crippen LogP contribution in [0.2, 0.25) is 5.02 Å². The quantitative estimate of drug-likeness (QED) is 0.917. The van der Waals surface area contributed by atoms with Gasteiger partial charge in [0.15, 0.2) is 0 Å². The first-order chi connectivity index (χ1) is 8.61. The summed E-state index contributed by atoms with van der Waals surface area (Å²) < 4.78 is 6.00. The number of carboxylic acids is 1.